The van der Waals surface area contributed by atoms with Crippen molar-refractivity contribution in [1.29, 1.82) is 5.26 Å². The summed E-state index contributed by atoms with van der Waals surface area (Å²) in [6.07, 6.45) is 4.94. The lowest BCUT2D eigenvalue weighted by atomic mass is 9.86. The molecule has 0 aromatic rings. The van der Waals surface area contributed by atoms with E-state index in [0.29, 0.717) is 12.5 Å². The third kappa shape index (κ3) is 4.30. The minimum Gasteiger partial charge on any atom is -0.481 e. The molecule has 0 spiro atoms. The van der Waals surface area contributed by atoms with Crippen LogP contribution < -0.4 is 5.32 Å². The van der Waals surface area contributed by atoms with Gasteiger partial charge < -0.3 is 10.4 Å². The fourth-order valence-electron chi connectivity index (χ4n) is 2.02. The minimum absolute atomic E-state index is 0.137. The van der Waals surface area contributed by atoms with Crippen molar-refractivity contribution < 1.29 is 9.90 Å². The van der Waals surface area contributed by atoms with E-state index in [1.165, 1.54) is 0 Å². The van der Waals surface area contributed by atoms with Crippen LogP contribution in [0.3, 0.4) is 0 Å². The number of nitrogens with zero attached hydrogens (tertiary/aromatic N) is 1. The summed E-state index contributed by atoms with van der Waals surface area (Å²) in [5, 5.41) is 20.5. The second kappa shape index (κ2) is 6.41. The quantitative estimate of drug-likeness (QED) is 0.675. The van der Waals surface area contributed by atoms with Gasteiger partial charge in [0.05, 0.1) is 12.0 Å². The molecule has 2 N–H and O–H groups in total. The average molecular weight is 210 g/mol. The summed E-state index contributed by atoms with van der Waals surface area (Å²) in [5.41, 5.74) is 0. The summed E-state index contributed by atoms with van der Waals surface area (Å²) in [5.74, 6) is -0.792. The SMILES string of the molecule is N#CCCCNC1CCC(C(=O)O)CC1. The zero-order chi connectivity index (χ0) is 11.1. The maximum Gasteiger partial charge on any atom is 0.306 e. The molecule has 0 saturated heterocycles. The topological polar surface area (TPSA) is 73.1 Å². The molecule has 1 fully saturated rings. The number of hydrogen-bond acceptors (Lipinski definition) is 3. The molecule has 0 heterocycles. The maximum atomic E-state index is 10.7. The first-order chi connectivity index (χ1) is 7.24. The van der Waals surface area contributed by atoms with Crippen LogP contribution in [0.5, 0.6) is 0 Å². The highest BCUT2D eigenvalue weighted by atomic mass is 16.4. The Kier molecular flexibility index (Phi) is 5.13. The number of aliphatic carboxylic acids is 1. The van der Waals surface area contributed by atoms with Crippen LogP contribution >= 0.6 is 0 Å². The van der Waals surface area contributed by atoms with Gasteiger partial charge in [-0.2, -0.15) is 5.26 Å². The Morgan fingerprint density at radius 2 is 2.07 bits per heavy atom. The van der Waals surface area contributed by atoms with Gasteiger partial charge >= 0.3 is 5.97 Å². The number of unbranched alkanes of at least 4 members (excludes halogenated alkanes) is 1. The molecule has 0 aromatic heterocycles. The summed E-state index contributed by atoms with van der Waals surface area (Å²) in [6.45, 7) is 0.871. The molecule has 1 aliphatic rings. The third-order valence-electron chi connectivity index (χ3n) is 2.97. The molecule has 0 atom stereocenters. The standard InChI is InChI=1S/C11H18N2O2/c12-7-1-2-8-13-10-5-3-9(4-6-10)11(14)15/h9-10,13H,1-6,8H2,(H,14,15). The molecule has 0 radical (unpaired) electrons. The van der Waals surface area contributed by atoms with Crippen LogP contribution in [-0.4, -0.2) is 23.7 Å². The Balaban J connectivity index is 2.10. The number of carbonyl (C=O) groups is 1. The van der Waals surface area contributed by atoms with Crippen molar-refractivity contribution in [3.05, 3.63) is 0 Å². The molecule has 0 amide bonds. The van der Waals surface area contributed by atoms with Crippen molar-refractivity contribution >= 4 is 5.97 Å². The lowest BCUT2D eigenvalue weighted by Gasteiger charge is -2.26. The molecule has 1 aliphatic carbocycles. The van der Waals surface area contributed by atoms with Crippen molar-refractivity contribution in [2.75, 3.05) is 6.54 Å². The fourth-order valence-corrected chi connectivity index (χ4v) is 2.02. The van der Waals surface area contributed by atoms with Gasteiger partial charge in [-0.25, -0.2) is 0 Å². The van der Waals surface area contributed by atoms with Crippen molar-refractivity contribution in [3.63, 3.8) is 0 Å². The van der Waals surface area contributed by atoms with Gasteiger partial charge in [-0.1, -0.05) is 0 Å². The smallest absolute Gasteiger partial charge is 0.306 e. The van der Waals surface area contributed by atoms with E-state index >= 15 is 0 Å². The van der Waals surface area contributed by atoms with E-state index in [4.69, 9.17) is 10.4 Å². The number of rotatable bonds is 5. The van der Waals surface area contributed by atoms with Crippen molar-refractivity contribution in [2.45, 2.75) is 44.6 Å². The molecule has 4 heteroatoms. The molecule has 0 unspecified atom stereocenters. The van der Waals surface area contributed by atoms with E-state index in [-0.39, 0.29) is 5.92 Å². The predicted octanol–water partition coefficient (Wildman–Crippen LogP) is 1.52. The lowest BCUT2D eigenvalue weighted by Crippen LogP contribution is -2.35. The first-order valence-electron chi connectivity index (χ1n) is 5.57. The summed E-state index contributed by atoms with van der Waals surface area (Å²) < 4.78 is 0. The molecule has 1 saturated carbocycles. The first-order valence-corrected chi connectivity index (χ1v) is 5.57. The number of carboxylic acids is 1. The second-order valence-corrected chi connectivity index (χ2v) is 4.10. The normalized spacial score (nSPS) is 25.8. The van der Waals surface area contributed by atoms with Crippen molar-refractivity contribution in [2.24, 2.45) is 5.92 Å². The molecular formula is C11H18N2O2. The molecular weight excluding hydrogens is 192 g/mol. The Hall–Kier alpha value is -1.08. The van der Waals surface area contributed by atoms with Gasteiger partial charge in [0, 0.05) is 12.5 Å². The van der Waals surface area contributed by atoms with Crippen LogP contribution in [0.2, 0.25) is 0 Å². The van der Waals surface area contributed by atoms with Gasteiger partial charge in [0.25, 0.3) is 0 Å². The van der Waals surface area contributed by atoms with E-state index in [0.717, 1.165) is 38.6 Å². The van der Waals surface area contributed by atoms with Gasteiger partial charge in [0.2, 0.25) is 0 Å². The highest BCUT2D eigenvalue weighted by Gasteiger charge is 2.25. The highest BCUT2D eigenvalue weighted by molar-refractivity contribution is 5.70. The van der Waals surface area contributed by atoms with Gasteiger partial charge in [-0.05, 0) is 38.6 Å². The number of nitriles is 1. The second-order valence-electron chi connectivity index (χ2n) is 4.10. The minimum atomic E-state index is -0.655. The van der Waals surface area contributed by atoms with Crippen molar-refractivity contribution in [3.8, 4) is 6.07 Å². The summed E-state index contributed by atoms with van der Waals surface area (Å²) in [6, 6.07) is 2.57. The van der Waals surface area contributed by atoms with Gasteiger partial charge in [0.15, 0.2) is 0 Å². The largest absolute Gasteiger partial charge is 0.481 e. The molecule has 0 aromatic carbocycles. The summed E-state index contributed by atoms with van der Waals surface area (Å²) in [7, 11) is 0. The van der Waals surface area contributed by atoms with Crippen LogP contribution in [0, 0.1) is 17.2 Å². The van der Waals surface area contributed by atoms with Crippen LogP contribution in [-0.2, 0) is 4.79 Å². The van der Waals surface area contributed by atoms with Crippen LogP contribution in [0.25, 0.3) is 0 Å². The number of nitrogens with one attached hydrogen (secondary N) is 1. The van der Waals surface area contributed by atoms with Crippen LogP contribution in [0.4, 0.5) is 0 Å². The summed E-state index contributed by atoms with van der Waals surface area (Å²) >= 11 is 0. The van der Waals surface area contributed by atoms with Crippen LogP contribution in [0.15, 0.2) is 0 Å². The molecule has 0 bridgehead atoms. The molecule has 1 rings (SSSR count). The third-order valence-corrected chi connectivity index (χ3v) is 2.97. The van der Waals surface area contributed by atoms with E-state index < -0.39 is 5.97 Å². The zero-order valence-corrected chi connectivity index (χ0v) is 8.91. The van der Waals surface area contributed by atoms with Gasteiger partial charge in [-0.3, -0.25) is 4.79 Å². The molecule has 0 aliphatic heterocycles. The fraction of sp³-hybridized carbons (Fsp3) is 0.818. The summed E-state index contributed by atoms with van der Waals surface area (Å²) in [4.78, 5) is 10.7. The number of carboxylic acid groups (broad SMARTS) is 1. The Bertz CT molecular complexity index is 239. The average Bonchev–Trinajstić information content (AvgIpc) is 2.25. The zero-order valence-electron chi connectivity index (χ0n) is 8.91. The van der Waals surface area contributed by atoms with E-state index in [9.17, 15) is 4.79 Å². The van der Waals surface area contributed by atoms with Gasteiger partial charge in [0.1, 0.15) is 0 Å². The molecule has 15 heavy (non-hydrogen) atoms. The highest BCUT2D eigenvalue weighted by Crippen LogP contribution is 2.24. The van der Waals surface area contributed by atoms with Crippen LogP contribution in [0.1, 0.15) is 38.5 Å². The predicted molar refractivity (Wildman–Crippen MR) is 56.2 cm³/mol. The van der Waals surface area contributed by atoms with Crippen molar-refractivity contribution in [1.82, 2.24) is 5.32 Å². The maximum absolute atomic E-state index is 10.7. The lowest BCUT2D eigenvalue weighted by molar-refractivity contribution is -0.142. The van der Waals surface area contributed by atoms with E-state index in [2.05, 4.69) is 11.4 Å². The molecule has 84 valence electrons. The first kappa shape index (κ1) is 12.0. The Morgan fingerprint density at radius 1 is 1.40 bits per heavy atom. The Labute approximate surface area is 90.3 Å². The molecule has 4 nitrogen and oxygen atoms in total. The van der Waals surface area contributed by atoms with E-state index in [1.807, 2.05) is 0 Å². The monoisotopic (exact) mass is 210 g/mol. The number of hydrogen-bond donors (Lipinski definition) is 2. The van der Waals surface area contributed by atoms with Gasteiger partial charge in [-0.15, -0.1) is 0 Å². The Morgan fingerprint density at radius 3 is 2.60 bits per heavy atom. The van der Waals surface area contributed by atoms with E-state index in [1.54, 1.807) is 0 Å².